The van der Waals surface area contributed by atoms with Gasteiger partial charge in [0.05, 0.1) is 18.2 Å². The Kier molecular flexibility index (Phi) is 6.06. The minimum atomic E-state index is 0.617. The summed E-state index contributed by atoms with van der Waals surface area (Å²) in [7, 11) is 0. The van der Waals surface area contributed by atoms with Gasteiger partial charge in [0.1, 0.15) is 5.75 Å². The van der Waals surface area contributed by atoms with Crippen LogP contribution in [0, 0.1) is 11.3 Å². The molecular formula is C23H19N5OS. The van der Waals surface area contributed by atoms with E-state index in [2.05, 4.69) is 21.3 Å². The van der Waals surface area contributed by atoms with Crippen molar-refractivity contribution in [1.82, 2.24) is 19.7 Å². The quantitative estimate of drug-likeness (QED) is 0.402. The van der Waals surface area contributed by atoms with Gasteiger partial charge in [-0.3, -0.25) is 9.55 Å². The van der Waals surface area contributed by atoms with Gasteiger partial charge in [-0.25, -0.2) is 0 Å². The molecule has 0 aliphatic rings. The Morgan fingerprint density at radius 3 is 2.60 bits per heavy atom. The first kappa shape index (κ1) is 19.7. The number of nitrogens with zero attached hydrogens (tertiary/aromatic N) is 5. The van der Waals surface area contributed by atoms with Gasteiger partial charge in [-0.05, 0) is 55.0 Å². The largest absolute Gasteiger partial charge is 0.494 e. The van der Waals surface area contributed by atoms with Crippen molar-refractivity contribution < 1.29 is 4.74 Å². The SMILES string of the molecule is CCOc1ccc(-n2c(SCc3ccccc3C#N)nnc2-c2cccnc2)cc1. The van der Waals surface area contributed by atoms with Gasteiger partial charge in [-0.15, -0.1) is 10.2 Å². The zero-order valence-electron chi connectivity index (χ0n) is 16.4. The number of hydrogen-bond donors (Lipinski definition) is 0. The lowest BCUT2D eigenvalue weighted by atomic mass is 10.1. The van der Waals surface area contributed by atoms with E-state index in [9.17, 15) is 5.26 Å². The molecule has 30 heavy (non-hydrogen) atoms. The summed E-state index contributed by atoms with van der Waals surface area (Å²) >= 11 is 1.54. The highest BCUT2D eigenvalue weighted by Crippen LogP contribution is 2.30. The third-order valence-corrected chi connectivity index (χ3v) is 5.43. The van der Waals surface area contributed by atoms with E-state index in [0.29, 0.717) is 23.7 Å². The number of pyridine rings is 1. The van der Waals surface area contributed by atoms with Gasteiger partial charge in [0.15, 0.2) is 11.0 Å². The first-order chi connectivity index (χ1) is 14.8. The van der Waals surface area contributed by atoms with Gasteiger partial charge in [0.25, 0.3) is 0 Å². The molecule has 0 N–H and O–H groups in total. The maximum atomic E-state index is 9.36. The van der Waals surface area contributed by atoms with E-state index in [0.717, 1.165) is 27.7 Å². The maximum absolute atomic E-state index is 9.36. The van der Waals surface area contributed by atoms with Crippen LogP contribution in [0.25, 0.3) is 17.1 Å². The van der Waals surface area contributed by atoms with Crippen molar-refractivity contribution >= 4 is 11.8 Å². The predicted octanol–water partition coefficient (Wildman–Crippen LogP) is 4.89. The van der Waals surface area contributed by atoms with Gasteiger partial charge in [0, 0.05) is 29.4 Å². The zero-order valence-corrected chi connectivity index (χ0v) is 17.2. The van der Waals surface area contributed by atoms with Crippen LogP contribution >= 0.6 is 11.8 Å². The van der Waals surface area contributed by atoms with E-state index in [1.807, 2.05) is 72.2 Å². The molecular weight excluding hydrogens is 394 g/mol. The first-order valence-corrected chi connectivity index (χ1v) is 10.5. The lowest BCUT2D eigenvalue weighted by Gasteiger charge is -2.11. The van der Waals surface area contributed by atoms with Crippen LogP contribution in [-0.2, 0) is 5.75 Å². The molecule has 4 rings (SSSR count). The monoisotopic (exact) mass is 413 g/mol. The highest BCUT2D eigenvalue weighted by Gasteiger charge is 2.17. The molecule has 0 amide bonds. The second-order valence-corrected chi connectivity index (χ2v) is 7.31. The number of benzene rings is 2. The molecule has 2 aromatic carbocycles. The summed E-state index contributed by atoms with van der Waals surface area (Å²) < 4.78 is 7.57. The van der Waals surface area contributed by atoms with Crippen LogP contribution in [-0.4, -0.2) is 26.4 Å². The fourth-order valence-electron chi connectivity index (χ4n) is 3.03. The van der Waals surface area contributed by atoms with E-state index in [1.165, 1.54) is 0 Å². The number of ether oxygens (including phenoxy) is 1. The molecule has 0 fully saturated rings. The molecule has 7 heteroatoms. The van der Waals surface area contributed by atoms with Crippen molar-refractivity contribution in [2.75, 3.05) is 6.61 Å². The molecule has 0 saturated carbocycles. The van der Waals surface area contributed by atoms with E-state index in [-0.39, 0.29) is 0 Å². The third-order valence-electron chi connectivity index (χ3n) is 4.45. The van der Waals surface area contributed by atoms with Crippen molar-refractivity contribution in [2.45, 2.75) is 17.8 Å². The van der Waals surface area contributed by atoms with Crippen molar-refractivity contribution in [1.29, 1.82) is 5.26 Å². The molecule has 0 aliphatic carbocycles. The average molecular weight is 414 g/mol. The van der Waals surface area contributed by atoms with Gasteiger partial charge < -0.3 is 4.74 Å². The molecule has 0 saturated heterocycles. The van der Waals surface area contributed by atoms with Crippen molar-refractivity contribution in [3.05, 3.63) is 84.2 Å². The van der Waals surface area contributed by atoms with E-state index < -0.39 is 0 Å². The summed E-state index contributed by atoms with van der Waals surface area (Å²) in [5.74, 6) is 2.14. The third kappa shape index (κ3) is 4.19. The van der Waals surface area contributed by atoms with Crippen LogP contribution in [0.4, 0.5) is 0 Å². The summed E-state index contributed by atoms with van der Waals surface area (Å²) in [5.41, 5.74) is 3.44. The van der Waals surface area contributed by atoms with Crippen LogP contribution in [0.15, 0.2) is 78.2 Å². The Morgan fingerprint density at radius 1 is 1.03 bits per heavy atom. The lowest BCUT2D eigenvalue weighted by molar-refractivity contribution is 0.340. The van der Waals surface area contributed by atoms with Crippen LogP contribution in [0.5, 0.6) is 5.75 Å². The lowest BCUT2D eigenvalue weighted by Crippen LogP contribution is -2.01. The highest BCUT2D eigenvalue weighted by molar-refractivity contribution is 7.98. The summed E-state index contributed by atoms with van der Waals surface area (Å²) in [6, 6.07) is 21.5. The average Bonchev–Trinajstić information content (AvgIpc) is 3.23. The molecule has 0 unspecified atom stereocenters. The minimum absolute atomic E-state index is 0.617. The Labute approximate surface area is 179 Å². The predicted molar refractivity (Wildman–Crippen MR) is 116 cm³/mol. The minimum Gasteiger partial charge on any atom is -0.494 e. The second kappa shape index (κ2) is 9.25. The van der Waals surface area contributed by atoms with E-state index in [1.54, 1.807) is 24.2 Å². The highest BCUT2D eigenvalue weighted by atomic mass is 32.2. The number of nitriles is 1. The molecule has 2 heterocycles. The second-order valence-electron chi connectivity index (χ2n) is 6.37. The molecule has 4 aromatic rings. The zero-order chi connectivity index (χ0) is 20.8. The summed E-state index contributed by atoms with van der Waals surface area (Å²) in [6.45, 7) is 2.58. The van der Waals surface area contributed by atoms with E-state index in [4.69, 9.17) is 4.74 Å². The van der Waals surface area contributed by atoms with Crippen molar-refractivity contribution in [3.8, 4) is 28.9 Å². The van der Waals surface area contributed by atoms with Gasteiger partial charge in [-0.2, -0.15) is 5.26 Å². The molecule has 0 atom stereocenters. The normalized spacial score (nSPS) is 10.5. The molecule has 0 bridgehead atoms. The molecule has 0 spiro atoms. The van der Waals surface area contributed by atoms with Gasteiger partial charge >= 0.3 is 0 Å². The van der Waals surface area contributed by atoms with Crippen LogP contribution < -0.4 is 4.74 Å². The Morgan fingerprint density at radius 2 is 1.87 bits per heavy atom. The summed E-state index contributed by atoms with van der Waals surface area (Å²) in [6.07, 6.45) is 3.50. The van der Waals surface area contributed by atoms with Gasteiger partial charge in [-0.1, -0.05) is 30.0 Å². The molecule has 6 nitrogen and oxygen atoms in total. The molecule has 2 aromatic heterocycles. The first-order valence-electron chi connectivity index (χ1n) is 9.50. The Balaban J connectivity index is 1.72. The molecule has 0 aliphatic heterocycles. The smallest absolute Gasteiger partial charge is 0.196 e. The van der Waals surface area contributed by atoms with Crippen LogP contribution in [0.1, 0.15) is 18.1 Å². The number of aromatic nitrogens is 4. The standard InChI is InChI=1S/C23H19N5OS/c1-2-29-21-11-9-20(10-12-21)28-22(18-8-5-13-25-15-18)26-27-23(28)30-16-19-7-4-3-6-17(19)14-24/h3-13,15H,2,16H2,1H3. The Hall–Kier alpha value is -3.63. The molecule has 148 valence electrons. The van der Waals surface area contributed by atoms with Gasteiger partial charge in [0.2, 0.25) is 0 Å². The fourth-order valence-corrected chi connectivity index (χ4v) is 3.99. The van der Waals surface area contributed by atoms with Crippen LogP contribution in [0.2, 0.25) is 0 Å². The summed E-state index contributed by atoms with van der Waals surface area (Å²) in [4.78, 5) is 4.22. The number of hydrogen-bond acceptors (Lipinski definition) is 6. The topological polar surface area (TPSA) is 76.6 Å². The fraction of sp³-hybridized carbons (Fsp3) is 0.130. The van der Waals surface area contributed by atoms with E-state index >= 15 is 0 Å². The van der Waals surface area contributed by atoms with Crippen LogP contribution in [0.3, 0.4) is 0 Å². The van der Waals surface area contributed by atoms with Crippen molar-refractivity contribution in [3.63, 3.8) is 0 Å². The number of thioether (sulfide) groups is 1. The number of rotatable bonds is 7. The van der Waals surface area contributed by atoms with Crippen molar-refractivity contribution in [2.24, 2.45) is 0 Å². The molecule has 0 radical (unpaired) electrons. The summed E-state index contributed by atoms with van der Waals surface area (Å²) in [5, 5.41) is 19.0. The Bertz CT molecular complexity index is 1170. The maximum Gasteiger partial charge on any atom is 0.196 e.